The van der Waals surface area contributed by atoms with E-state index in [0.29, 0.717) is 6.10 Å². The summed E-state index contributed by atoms with van der Waals surface area (Å²) < 4.78 is 11.2. The third-order valence-electron chi connectivity index (χ3n) is 4.73. The van der Waals surface area contributed by atoms with Crippen molar-refractivity contribution in [2.75, 3.05) is 58.4 Å². The van der Waals surface area contributed by atoms with Gasteiger partial charge in [-0.05, 0) is 25.0 Å². The second kappa shape index (κ2) is 10.1. The maximum absolute atomic E-state index is 5.68. The molecule has 0 saturated carbocycles. The molecule has 0 aliphatic carbocycles. The number of hydrogen-bond donors (Lipinski definition) is 1. The molecule has 2 aliphatic heterocycles. The number of methoxy groups -OCH3 is 1. The van der Waals surface area contributed by atoms with E-state index in [1.165, 1.54) is 12.1 Å². The highest BCUT2D eigenvalue weighted by Gasteiger charge is 2.22. The standard InChI is InChI=1S/C18H28N4O2.HI/c1-19-18(20-14-15-6-5-13-24-15)22-11-9-21(10-12-22)16-7-3-4-8-17(16)23-2;/h3-4,7-8,15H,5-6,9-14H2,1-2H3,(H,19,20);1H. The first-order valence-corrected chi connectivity index (χ1v) is 8.77. The minimum absolute atomic E-state index is 0. The highest BCUT2D eigenvalue weighted by atomic mass is 127. The number of anilines is 1. The zero-order valence-electron chi connectivity index (χ0n) is 15.1. The lowest BCUT2D eigenvalue weighted by Crippen LogP contribution is -2.53. The molecule has 2 heterocycles. The predicted octanol–water partition coefficient (Wildman–Crippen LogP) is 2.19. The first kappa shape index (κ1) is 20.1. The Hall–Kier alpha value is -1.22. The molecule has 2 aliphatic rings. The van der Waals surface area contributed by atoms with Crippen molar-refractivity contribution in [2.45, 2.75) is 18.9 Å². The van der Waals surface area contributed by atoms with Crippen LogP contribution >= 0.6 is 24.0 Å². The molecule has 3 rings (SSSR count). The molecule has 1 atom stereocenters. The van der Waals surface area contributed by atoms with Crippen molar-refractivity contribution < 1.29 is 9.47 Å². The van der Waals surface area contributed by atoms with E-state index in [2.05, 4.69) is 32.2 Å². The highest BCUT2D eigenvalue weighted by molar-refractivity contribution is 14.0. The van der Waals surface area contributed by atoms with Gasteiger partial charge in [0.15, 0.2) is 5.96 Å². The summed E-state index contributed by atoms with van der Waals surface area (Å²) in [5.74, 6) is 1.91. The van der Waals surface area contributed by atoms with Crippen molar-refractivity contribution in [3.63, 3.8) is 0 Å². The Morgan fingerprint density at radius 3 is 2.68 bits per heavy atom. The molecule has 7 heteroatoms. The Balaban J connectivity index is 0.00000225. The number of para-hydroxylation sites is 2. The fraction of sp³-hybridized carbons (Fsp3) is 0.611. The molecular weight excluding hydrogens is 431 g/mol. The van der Waals surface area contributed by atoms with Crippen LogP contribution in [0.15, 0.2) is 29.3 Å². The van der Waals surface area contributed by atoms with Crippen molar-refractivity contribution in [1.29, 1.82) is 0 Å². The van der Waals surface area contributed by atoms with Gasteiger partial charge in [-0.25, -0.2) is 0 Å². The number of aliphatic imine (C=N–C) groups is 1. The minimum atomic E-state index is 0. The van der Waals surface area contributed by atoms with Gasteiger partial charge in [0.2, 0.25) is 0 Å². The number of hydrogen-bond acceptors (Lipinski definition) is 4. The Kier molecular flexibility index (Phi) is 8.08. The van der Waals surface area contributed by atoms with E-state index in [-0.39, 0.29) is 24.0 Å². The van der Waals surface area contributed by atoms with E-state index in [4.69, 9.17) is 9.47 Å². The first-order valence-electron chi connectivity index (χ1n) is 8.77. The predicted molar refractivity (Wildman–Crippen MR) is 113 cm³/mol. The maximum Gasteiger partial charge on any atom is 0.193 e. The van der Waals surface area contributed by atoms with Gasteiger partial charge in [-0.15, -0.1) is 24.0 Å². The van der Waals surface area contributed by atoms with E-state index >= 15 is 0 Å². The summed E-state index contributed by atoms with van der Waals surface area (Å²) in [5, 5.41) is 3.47. The molecular formula is C18H29IN4O2. The van der Waals surface area contributed by atoms with E-state index in [9.17, 15) is 0 Å². The van der Waals surface area contributed by atoms with Crippen molar-refractivity contribution >= 4 is 35.6 Å². The van der Waals surface area contributed by atoms with Gasteiger partial charge >= 0.3 is 0 Å². The average Bonchev–Trinajstić information content (AvgIpc) is 3.16. The van der Waals surface area contributed by atoms with Crippen molar-refractivity contribution in [2.24, 2.45) is 4.99 Å². The lowest BCUT2D eigenvalue weighted by molar-refractivity contribution is 0.113. The number of halogens is 1. The molecule has 25 heavy (non-hydrogen) atoms. The molecule has 0 aromatic heterocycles. The summed E-state index contributed by atoms with van der Waals surface area (Å²) in [7, 11) is 3.58. The van der Waals surface area contributed by atoms with E-state index in [1.54, 1.807) is 7.11 Å². The number of benzene rings is 1. The van der Waals surface area contributed by atoms with E-state index in [0.717, 1.165) is 57.5 Å². The van der Waals surface area contributed by atoms with Gasteiger partial charge in [-0.2, -0.15) is 0 Å². The number of piperazine rings is 1. The van der Waals surface area contributed by atoms with Crippen molar-refractivity contribution in [1.82, 2.24) is 10.2 Å². The zero-order valence-corrected chi connectivity index (χ0v) is 17.4. The van der Waals surface area contributed by atoms with Crippen molar-refractivity contribution in [3.8, 4) is 5.75 Å². The quantitative estimate of drug-likeness (QED) is 0.424. The summed E-state index contributed by atoms with van der Waals surface area (Å²) in [6, 6.07) is 8.21. The third kappa shape index (κ3) is 5.13. The molecule has 1 aromatic rings. The van der Waals surface area contributed by atoms with Crippen molar-refractivity contribution in [3.05, 3.63) is 24.3 Å². The summed E-state index contributed by atoms with van der Waals surface area (Å²) in [4.78, 5) is 9.13. The number of rotatable bonds is 4. The minimum Gasteiger partial charge on any atom is -0.495 e. The molecule has 0 bridgehead atoms. The van der Waals surface area contributed by atoms with Crippen LogP contribution in [0.25, 0.3) is 0 Å². The van der Waals surface area contributed by atoms with Gasteiger partial charge in [0.25, 0.3) is 0 Å². The van der Waals surface area contributed by atoms with Crippen LogP contribution < -0.4 is 15.0 Å². The zero-order chi connectivity index (χ0) is 16.8. The number of guanidine groups is 1. The third-order valence-corrected chi connectivity index (χ3v) is 4.73. The van der Waals surface area contributed by atoms with Gasteiger partial charge in [-0.1, -0.05) is 12.1 Å². The number of ether oxygens (including phenoxy) is 2. The summed E-state index contributed by atoms with van der Waals surface area (Å²) in [5.41, 5.74) is 1.17. The van der Waals surface area contributed by atoms with Crippen LogP contribution in [0.5, 0.6) is 5.75 Å². The van der Waals surface area contributed by atoms with Gasteiger partial charge < -0.3 is 24.6 Å². The molecule has 0 radical (unpaired) electrons. The smallest absolute Gasteiger partial charge is 0.193 e. The SMILES string of the molecule is CN=C(NCC1CCCO1)N1CCN(c2ccccc2OC)CC1.I. The Morgan fingerprint density at radius 2 is 2.04 bits per heavy atom. The van der Waals surface area contributed by atoms with Crippen LogP contribution in [0.3, 0.4) is 0 Å². The lowest BCUT2D eigenvalue weighted by Gasteiger charge is -2.38. The monoisotopic (exact) mass is 460 g/mol. The molecule has 6 nitrogen and oxygen atoms in total. The largest absolute Gasteiger partial charge is 0.495 e. The van der Waals surface area contributed by atoms with Crippen LogP contribution in [0, 0.1) is 0 Å². The Morgan fingerprint density at radius 1 is 1.28 bits per heavy atom. The van der Waals surface area contributed by atoms with Gasteiger partial charge in [-0.3, -0.25) is 4.99 Å². The van der Waals surface area contributed by atoms with E-state index in [1.807, 2.05) is 19.2 Å². The molecule has 1 N–H and O–H groups in total. The Labute approximate surface area is 167 Å². The number of nitrogens with one attached hydrogen (secondary N) is 1. The molecule has 2 fully saturated rings. The molecule has 0 amide bonds. The maximum atomic E-state index is 5.68. The summed E-state index contributed by atoms with van der Waals surface area (Å²) in [6.07, 6.45) is 2.64. The summed E-state index contributed by atoms with van der Waals surface area (Å²) in [6.45, 7) is 5.55. The topological polar surface area (TPSA) is 49.3 Å². The molecule has 2 saturated heterocycles. The first-order chi connectivity index (χ1) is 11.8. The normalized spacial score (nSPS) is 21.0. The Bertz CT molecular complexity index is 556. The molecule has 1 unspecified atom stereocenters. The second-order valence-corrected chi connectivity index (χ2v) is 6.21. The molecule has 1 aromatic carbocycles. The van der Waals surface area contributed by atoms with E-state index < -0.39 is 0 Å². The van der Waals surface area contributed by atoms with Crippen LogP contribution in [0.2, 0.25) is 0 Å². The van der Waals surface area contributed by atoms with Gasteiger partial charge in [0, 0.05) is 46.4 Å². The van der Waals surface area contributed by atoms with Gasteiger partial charge in [0.1, 0.15) is 5.75 Å². The highest BCUT2D eigenvalue weighted by Crippen LogP contribution is 2.28. The van der Waals surface area contributed by atoms with Gasteiger partial charge in [0.05, 0.1) is 18.9 Å². The summed E-state index contributed by atoms with van der Waals surface area (Å²) >= 11 is 0. The van der Waals surface area contributed by atoms with Crippen LogP contribution in [-0.4, -0.2) is 70.5 Å². The fourth-order valence-corrected chi connectivity index (χ4v) is 3.39. The molecule has 0 spiro atoms. The fourth-order valence-electron chi connectivity index (χ4n) is 3.39. The van der Waals surface area contributed by atoms with Crippen LogP contribution in [0.4, 0.5) is 5.69 Å². The lowest BCUT2D eigenvalue weighted by atomic mass is 10.2. The number of nitrogens with zero attached hydrogens (tertiary/aromatic N) is 3. The average molecular weight is 460 g/mol. The second-order valence-electron chi connectivity index (χ2n) is 6.21. The molecule has 140 valence electrons. The van der Waals surface area contributed by atoms with Crippen LogP contribution in [-0.2, 0) is 4.74 Å². The van der Waals surface area contributed by atoms with Crippen LogP contribution in [0.1, 0.15) is 12.8 Å².